The first kappa shape index (κ1) is 15.2. The second kappa shape index (κ2) is 6.51. The van der Waals surface area contributed by atoms with Crippen molar-refractivity contribution in [2.75, 3.05) is 19.7 Å². The number of ketones is 1. The molecule has 1 aromatic rings. The predicted molar refractivity (Wildman–Crippen MR) is 81.3 cm³/mol. The van der Waals surface area contributed by atoms with Crippen LogP contribution in [0.15, 0.2) is 18.2 Å². The average Bonchev–Trinajstić information content (AvgIpc) is 2.42. The largest absolute Gasteiger partial charge is 0.376 e. The van der Waals surface area contributed by atoms with Gasteiger partial charge in [0.15, 0.2) is 5.78 Å². The summed E-state index contributed by atoms with van der Waals surface area (Å²) < 4.78 is 5.68. The molecule has 1 aromatic carbocycles. The van der Waals surface area contributed by atoms with Gasteiger partial charge in [-0.15, -0.1) is 0 Å². The van der Waals surface area contributed by atoms with Gasteiger partial charge in [0.25, 0.3) is 0 Å². The highest BCUT2D eigenvalue weighted by Crippen LogP contribution is 2.16. The minimum absolute atomic E-state index is 0.209. The average molecular weight is 275 g/mol. The Bertz CT molecular complexity index is 484. The Balaban J connectivity index is 2.07. The Morgan fingerprint density at radius 2 is 2.10 bits per heavy atom. The first-order valence-corrected chi connectivity index (χ1v) is 7.47. The number of carbonyl (C=O) groups excluding carboxylic acids is 1. The zero-order valence-electron chi connectivity index (χ0n) is 13.0. The molecule has 1 heterocycles. The Kier molecular flexibility index (Phi) is 4.95. The molecule has 0 bridgehead atoms. The van der Waals surface area contributed by atoms with E-state index >= 15 is 0 Å². The second-order valence-corrected chi connectivity index (χ2v) is 5.86. The number of benzene rings is 1. The van der Waals surface area contributed by atoms with E-state index in [0.29, 0.717) is 12.6 Å². The number of hydrogen-bond acceptors (Lipinski definition) is 3. The van der Waals surface area contributed by atoms with Gasteiger partial charge in [-0.2, -0.15) is 0 Å². The molecule has 1 aliphatic heterocycles. The lowest BCUT2D eigenvalue weighted by atomic mass is 10.0. The van der Waals surface area contributed by atoms with Crippen molar-refractivity contribution in [2.45, 2.75) is 46.3 Å². The van der Waals surface area contributed by atoms with Crippen LogP contribution in [0, 0.1) is 13.8 Å². The van der Waals surface area contributed by atoms with E-state index in [2.05, 4.69) is 32.6 Å². The van der Waals surface area contributed by atoms with Gasteiger partial charge >= 0.3 is 0 Å². The van der Waals surface area contributed by atoms with Crippen LogP contribution in [-0.4, -0.2) is 42.5 Å². The quantitative estimate of drug-likeness (QED) is 0.791. The van der Waals surface area contributed by atoms with Crippen molar-refractivity contribution in [3.05, 3.63) is 34.9 Å². The van der Waals surface area contributed by atoms with Gasteiger partial charge in [-0.3, -0.25) is 9.69 Å². The number of Topliss-reactive ketones (excluding diaryl/α,β-unsaturated/α-hetero) is 1. The maximum Gasteiger partial charge on any atom is 0.176 e. The predicted octanol–water partition coefficient (Wildman–Crippen LogP) is 2.99. The van der Waals surface area contributed by atoms with E-state index in [1.165, 1.54) is 11.1 Å². The van der Waals surface area contributed by atoms with Crippen LogP contribution in [0.1, 0.15) is 41.8 Å². The molecule has 2 unspecified atom stereocenters. The summed E-state index contributed by atoms with van der Waals surface area (Å²) in [5, 5.41) is 0. The molecule has 1 aliphatic rings. The molecule has 2 atom stereocenters. The second-order valence-electron chi connectivity index (χ2n) is 5.86. The van der Waals surface area contributed by atoms with E-state index in [1.54, 1.807) is 0 Å². The lowest BCUT2D eigenvalue weighted by Gasteiger charge is -2.37. The maximum atomic E-state index is 12.5. The van der Waals surface area contributed by atoms with Crippen LogP contribution in [-0.2, 0) is 4.74 Å². The summed E-state index contributed by atoms with van der Waals surface area (Å²) in [7, 11) is 0. The topological polar surface area (TPSA) is 29.5 Å². The number of nitrogens with zero attached hydrogens (tertiary/aromatic N) is 1. The van der Waals surface area contributed by atoms with Crippen molar-refractivity contribution in [3.8, 4) is 0 Å². The molecule has 3 nitrogen and oxygen atoms in total. The summed E-state index contributed by atoms with van der Waals surface area (Å²) in [6, 6.07) is 6.33. The van der Waals surface area contributed by atoms with Gasteiger partial charge in [0.05, 0.1) is 19.3 Å². The normalized spacial score (nSPS) is 23.8. The molecule has 2 rings (SSSR count). The number of rotatable bonds is 4. The summed E-state index contributed by atoms with van der Waals surface area (Å²) in [6.45, 7) is 10.4. The highest BCUT2D eigenvalue weighted by Gasteiger charge is 2.27. The van der Waals surface area contributed by atoms with Gasteiger partial charge in [-0.05, 0) is 44.4 Å². The smallest absolute Gasteiger partial charge is 0.176 e. The lowest BCUT2D eigenvalue weighted by molar-refractivity contribution is -0.0523. The van der Waals surface area contributed by atoms with Gasteiger partial charge in [-0.25, -0.2) is 0 Å². The number of carbonyl (C=O) groups is 1. The maximum absolute atomic E-state index is 12.5. The lowest BCUT2D eigenvalue weighted by Crippen LogP contribution is -2.50. The fourth-order valence-corrected chi connectivity index (χ4v) is 2.67. The van der Waals surface area contributed by atoms with E-state index in [1.807, 2.05) is 18.2 Å². The van der Waals surface area contributed by atoms with Crippen molar-refractivity contribution >= 4 is 5.78 Å². The summed E-state index contributed by atoms with van der Waals surface area (Å²) in [4.78, 5) is 14.7. The highest BCUT2D eigenvalue weighted by atomic mass is 16.5. The monoisotopic (exact) mass is 275 g/mol. The molecule has 3 heteroatoms. The van der Waals surface area contributed by atoms with Gasteiger partial charge in [0.2, 0.25) is 0 Å². The standard InChI is InChI=1S/C17H25NO2/c1-5-16-11-20-14(4)9-18(16)10-17(19)15-7-6-12(2)13(3)8-15/h6-8,14,16H,5,9-11H2,1-4H3. The van der Waals surface area contributed by atoms with Crippen LogP contribution < -0.4 is 0 Å². The van der Waals surface area contributed by atoms with E-state index in [4.69, 9.17) is 4.74 Å². The molecule has 110 valence electrons. The van der Waals surface area contributed by atoms with Gasteiger partial charge in [0, 0.05) is 18.2 Å². The molecule has 0 saturated carbocycles. The molecule has 20 heavy (non-hydrogen) atoms. The molecule has 1 fully saturated rings. The molecular formula is C17H25NO2. The third kappa shape index (κ3) is 3.47. The van der Waals surface area contributed by atoms with E-state index in [9.17, 15) is 4.79 Å². The third-order valence-corrected chi connectivity index (χ3v) is 4.23. The minimum atomic E-state index is 0.209. The zero-order chi connectivity index (χ0) is 14.7. The highest BCUT2D eigenvalue weighted by molar-refractivity contribution is 5.97. The van der Waals surface area contributed by atoms with Gasteiger partial charge in [0.1, 0.15) is 0 Å². The van der Waals surface area contributed by atoms with E-state index in [0.717, 1.165) is 25.1 Å². The fourth-order valence-electron chi connectivity index (χ4n) is 2.67. The number of aryl methyl sites for hydroxylation is 2. The Morgan fingerprint density at radius 3 is 2.75 bits per heavy atom. The first-order chi connectivity index (χ1) is 9.51. The Labute approximate surface area is 121 Å². The number of ether oxygens (including phenoxy) is 1. The minimum Gasteiger partial charge on any atom is -0.376 e. The van der Waals surface area contributed by atoms with Crippen molar-refractivity contribution in [1.29, 1.82) is 0 Å². The molecule has 0 amide bonds. The molecule has 0 spiro atoms. The summed E-state index contributed by atoms with van der Waals surface area (Å²) in [6.07, 6.45) is 1.23. The van der Waals surface area contributed by atoms with Crippen molar-refractivity contribution < 1.29 is 9.53 Å². The summed E-state index contributed by atoms with van der Waals surface area (Å²) >= 11 is 0. The van der Waals surface area contributed by atoms with Crippen LogP contribution in [0.3, 0.4) is 0 Å². The molecule has 0 N–H and O–H groups in total. The van der Waals surface area contributed by atoms with Crippen LogP contribution in [0.5, 0.6) is 0 Å². The van der Waals surface area contributed by atoms with E-state index < -0.39 is 0 Å². The van der Waals surface area contributed by atoms with Gasteiger partial charge in [-0.1, -0.05) is 19.1 Å². The Hall–Kier alpha value is -1.19. The third-order valence-electron chi connectivity index (χ3n) is 4.23. The zero-order valence-corrected chi connectivity index (χ0v) is 13.0. The molecule has 1 saturated heterocycles. The summed E-state index contributed by atoms with van der Waals surface area (Å²) in [5.74, 6) is 0.209. The van der Waals surface area contributed by atoms with Crippen LogP contribution >= 0.6 is 0 Å². The van der Waals surface area contributed by atoms with E-state index in [-0.39, 0.29) is 11.9 Å². The van der Waals surface area contributed by atoms with Crippen molar-refractivity contribution in [2.24, 2.45) is 0 Å². The van der Waals surface area contributed by atoms with Crippen LogP contribution in [0.2, 0.25) is 0 Å². The molecular weight excluding hydrogens is 250 g/mol. The fraction of sp³-hybridized carbons (Fsp3) is 0.588. The van der Waals surface area contributed by atoms with Gasteiger partial charge < -0.3 is 4.74 Å². The molecule has 0 aliphatic carbocycles. The first-order valence-electron chi connectivity index (χ1n) is 7.47. The van der Waals surface area contributed by atoms with Crippen molar-refractivity contribution in [1.82, 2.24) is 4.90 Å². The SMILES string of the molecule is CCC1COC(C)CN1CC(=O)c1ccc(C)c(C)c1. The van der Waals surface area contributed by atoms with Crippen LogP contribution in [0.25, 0.3) is 0 Å². The molecule has 0 aromatic heterocycles. The number of hydrogen-bond donors (Lipinski definition) is 0. The number of morpholine rings is 1. The summed E-state index contributed by atoms with van der Waals surface area (Å²) in [5.41, 5.74) is 3.23. The van der Waals surface area contributed by atoms with Crippen LogP contribution in [0.4, 0.5) is 0 Å². The van der Waals surface area contributed by atoms with Crippen molar-refractivity contribution in [3.63, 3.8) is 0 Å². The molecule has 0 radical (unpaired) electrons. The Morgan fingerprint density at radius 1 is 1.35 bits per heavy atom.